The minimum Gasteiger partial charge on any atom is -0.484 e. The van der Waals surface area contributed by atoms with E-state index in [-0.39, 0.29) is 12.5 Å². The van der Waals surface area contributed by atoms with Gasteiger partial charge < -0.3 is 14.4 Å². The summed E-state index contributed by atoms with van der Waals surface area (Å²) in [6.07, 6.45) is 0. The summed E-state index contributed by atoms with van der Waals surface area (Å²) >= 11 is 1.66. The first kappa shape index (κ1) is 15.1. The van der Waals surface area contributed by atoms with Gasteiger partial charge in [-0.3, -0.25) is 4.79 Å². The van der Waals surface area contributed by atoms with Gasteiger partial charge in [0.05, 0.1) is 19.8 Å². The summed E-state index contributed by atoms with van der Waals surface area (Å²) < 4.78 is 11.0. The van der Waals surface area contributed by atoms with Crippen molar-refractivity contribution in [3.8, 4) is 5.75 Å². The third kappa shape index (κ3) is 3.48. The Morgan fingerprint density at radius 2 is 2.18 bits per heavy atom. The Morgan fingerprint density at radius 1 is 1.32 bits per heavy atom. The molecule has 0 fully saturated rings. The first-order chi connectivity index (χ1) is 10.8. The maximum absolute atomic E-state index is 12.3. The van der Waals surface area contributed by atoms with E-state index in [0.29, 0.717) is 26.3 Å². The second-order valence-corrected chi connectivity index (χ2v) is 6.23. The molecular formula is C17H19NO3S. The maximum Gasteiger partial charge on any atom is 0.260 e. The van der Waals surface area contributed by atoms with Gasteiger partial charge in [0.2, 0.25) is 0 Å². The number of hydrogen-bond donors (Lipinski definition) is 0. The molecule has 2 heterocycles. The van der Waals surface area contributed by atoms with E-state index in [0.717, 1.165) is 11.3 Å². The van der Waals surface area contributed by atoms with Crippen LogP contribution in [0.2, 0.25) is 0 Å². The van der Waals surface area contributed by atoms with Crippen LogP contribution >= 0.6 is 11.3 Å². The zero-order valence-electron chi connectivity index (χ0n) is 12.6. The predicted molar refractivity (Wildman–Crippen MR) is 85.8 cm³/mol. The molecule has 1 aliphatic heterocycles. The van der Waals surface area contributed by atoms with E-state index in [2.05, 4.69) is 0 Å². The number of rotatable bonds is 6. The number of amides is 1. The van der Waals surface area contributed by atoms with Crippen LogP contribution in [-0.2, 0) is 29.3 Å². The van der Waals surface area contributed by atoms with Crippen LogP contribution in [0.25, 0.3) is 0 Å². The number of nitrogens with zero attached hydrogens (tertiary/aromatic N) is 1. The minimum atomic E-state index is 0.00708. The Balaban J connectivity index is 1.56. The van der Waals surface area contributed by atoms with Crippen LogP contribution in [0, 0.1) is 0 Å². The molecule has 22 heavy (non-hydrogen) atoms. The highest BCUT2D eigenvalue weighted by atomic mass is 32.1. The van der Waals surface area contributed by atoms with Crippen LogP contribution in [0.15, 0.2) is 35.7 Å². The second-order valence-electron chi connectivity index (χ2n) is 5.20. The molecule has 0 saturated heterocycles. The molecule has 1 aromatic heterocycles. The quantitative estimate of drug-likeness (QED) is 0.821. The lowest BCUT2D eigenvalue weighted by molar-refractivity contribution is -0.133. The van der Waals surface area contributed by atoms with Crippen molar-refractivity contribution < 1.29 is 14.3 Å². The molecule has 0 bridgehead atoms. The summed E-state index contributed by atoms with van der Waals surface area (Å²) in [5.41, 5.74) is 2.35. The van der Waals surface area contributed by atoms with Gasteiger partial charge in [0.1, 0.15) is 5.75 Å². The largest absolute Gasteiger partial charge is 0.484 e. The highest BCUT2D eigenvalue weighted by Gasteiger charge is 2.15. The van der Waals surface area contributed by atoms with Gasteiger partial charge >= 0.3 is 0 Å². The summed E-state index contributed by atoms with van der Waals surface area (Å²) in [4.78, 5) is 15.3. The van der Waals surface area contributed by atoms with Crippen molar-refractivity contribution in [1.82, 2.24) is 4.90 Å². The van der Waals surface area contributed by atoms with E-state index in [1.54, 1.807) is 11.3 Å². The monoisotopic (exact) mass is 317 g/mol. The normalized spacial score (nSPS) is 13.0. The molecule has 2 aromatic rings. The van der Waals surface area contributed by atoms with Gasteiger partial charge in [0.25, 0.3) is 5.91 Å². The molecule has 0 spiro atoms. The molecular weight excluding hydrogens is 298 g/mol. The van der Waals surface area contributed by atoms with Crippen molar-refractivity contribution >= 4 is 17.2 Å². The molecule has 1 aliphatic rings. The summed E-state index contributed by atoms with van der Waals surface area (Å²) in [5.74, 6) is 0.734. The summed E-state index contributed by atoms with van der Waals surface area (Å²) in [6, 6.07) is 9.91. The number of likely N-dealkylation sites (N-methyl/N-ethyl adjacent to an activating group) is 1. The first-order valence-corrected chi connectivity index (χ1v) is 8.26. The Labute approximate surface area is 134 Å². The molecule has 0 N–H and O–H groups in total. The number of carbonyl (C=O) groups is 1. The molecule has 0 saturated carbocycles. The van der Waals surface area contributed by atoms with E-state index < -0.39 is 0 Å². The third-order valence-electron chi connectivity index (χ3n) is 3.72. The highest BCUT2D eigenvalue weighted by Crippen LogP contribution is 2.24. The van der Waals surface area contributed by atoms with Gasteiger partial charge in [-0.25, -0.2) is 0 Å². The van der Waals surface area contributed by atoms with Crippen molar-refractivity contribution in [3.63, 3.8) is 0 Å². The van der Waals surface area contributed by atoms with Gasteiger partial charge in [-0.2, -0.15) is 0 Å². The average Bonchev–Trinajstić information content (AvgIpc) is 3.20. The topological polar surface area (TPSA) is 38.8 Å². The third-order valence-corrected chi connectivity index (χ3v) is 4.58. The zero-order chi connectivity index (χ0) is 15.4. The molecule has 4 nitrogen and oxygen atoms in total. The fraction of sp³-hybridized carbons (Fsp3) is 0.353. The number of hydrogen-bond acceptors (Lipinski definition) is 4. The molecule has 0 radical (unpaired) electrons. The summed E-state index contributed by atoms with van der Waals surface area (Å²) in [5, 5.41) is 2.02. The molecule has 0 atom stereocenters. The Morgan fingerprint density at radius 3 is 2.95 bits per heavy atom. The Kier molecular flexibility index (Phi) is 4.75. The van der Waals surface area contributed by atoms with Gasteiger partial charge in [-0.15, -0.1) is 11.3 Å². The Bertz CT molecular complexity index is 639. The highest BCUT2D eigenvalue weighted by molar-refractivity contribution is 7.09. The average molecular weight is 317 g/mol. The van der Waals surface area contributed by atoms with Gasteiger partial charge in [-0.05, 0) is 41.6 Å². The smallest absolute Gasteiger partial charge is 0.260 e. The molecule has 116 valence electrons. The van der Waals surface area contributed by atoms with E-state index in [1.807, 2.05) is 47.5 Å². The van der Waals surface area contributed by atoms with Crippen LogP contribution in [0.5, 0.6) is 5.75 Å². The molecule has 0 unspecified atom stereocenters. The standard InChI is InChI=1S/C17H19NO3S/c1-2-18(9-16-4-3-7-22-16)17(19)12-21-15-6-5-13-10-20-11-14(13)8-15/h3-8H,2,9-12H2,1H3. The van der Waals surface area contributed by atoms with Crippen molar-refractivity contribution in [2.24, 2.45) is 0 Å². The van der Waals surface area contributed by atoms with E-state index in [1.165, 1.54) is 10.4 Å². The lowest BCUT2D eigenvalue weighted by Crippen LogP contribution is -2.34. The van der Waals surface area contributed by atoms with Crippen LogP contribution in [0.4, 0.5) is 0 Å². The van der Waals surface area contributed by atoms with Gasteiger partial charge in [-0.1, -0.05) is 12.1 Å². The van der Waals surface area contributed by atoms with Crippen molar-refractivity contribution in [1.29, 1.82) is 0 Å². The first-order valence-electron chi connectivity index (χ1n) is 7.38. The van der Waals surface area contributed by atoms with Crippen molar-refractivity contribution in [2.45, 2.75) is 26.7 Å². The lowest BCUT2D eigenvalue weighted by Gasteiger charge is -2.20. The predicted octanol–water partition coefficient (Wildman–Crippen LogP) is 3.21. The van der Waals surface area contributed by atoms with Crippen LogP contribution < -0.4 is 4.74 Å². The SMILES string of the molecule is CCN(Cc1cccs1)C(=O)COc1ccc2c(c1)COC2. The fourth-order valence-electron chi connectivity index (χ4n) is 2.44. The van der Waals surface area contributed by atoms with Crippen molar-refractivity contribution in [3.05, 3.63) is 51.7 Å². The second kappa shape index (κ2) is 6.94. The van der Waals surface area contributed by atoms with Crippen LogP contribution in [0.1, 0.15) is 22.9 Å². The molecule has 1 amide bonds. The molecule has 3 rings (SSSR count). The van der Waals surface area contributed by atoms with Crippen LogP contribution in [-0.4, -0.2) is 24.0 Å². The summed E-state index contributed by atoms with van der Waals surface area (Å²) in [7, 11) is 0. The van der Waals surface area contributed by atoms with Crippen molar-refractivity contribution in [2.75, 3.05) is 13.2 Å². The molecule has 0 aliphatic carbocycles. The maximum atomic E-state index is 12.3. The minimum absolute atomic E-state index is 0.00708. The van der Waals surface area contributed by atoms with E-state index in [9.17, 15) is 4.79 Å². The molecule has 5 heteroatoms. The number of fused-ring (bicyclic) bond motifs is 1. The fourth-order valence-corrected chi connectivity index (χ4v) is 3.16. The molecule has 1 aromatic carbocycles. The number of ether oxygens (including phenoxy) is 2. The van der Waals surface area contributed by atoms with Gasteiger partial charge in [0, 0.05) is 11.4 Å². The number of carbonyl (C=O) groups excluding carboxylic acids is 1. The van der Waals surface area contributed by atoms with Gasteiger partial charge in [0.15, 0.2) is 6.61 Å². The summed E-state index contributed by atoms with van der Waals surface area (Å²) in [6.45, 7) is 4.67. The number of thiophene rings is 1. The Hall–Kier alpha value is -1.85. The van der Waals surface area contributed by atoms with E-state index >= 15 is 0 Å². The van der Waals surface area contributed by atoms with Crippen LogP contribution in [0.3, 0.4) is 0 Å². The van der Waals surface area contributed by atoms with E-state index in [4.69, 9.17) is 9.47 Å². The number of benzene rings is 1. The lowest BCUT2D eigenvalue weighted by atomic mass is 10.1. The zero-order valence-corrected chi connectivity index (χ0v) is 13.4.